The van der Waals surface area contributed by atoms with E-state index in [1.54, 1.807) is 6.92 Å². The molecule has 2 rings (SSSR count). The molecule has 0 fully saturated rings. The topological polar surface area (TPSA) is 83.6 Å². The van der Waals surface area contributed by atoms with Gasteiger partial charge in [-0.05, 0) is 25.1 Å². The van der Waals surface area contributed by atoms with Gasteiger partial charge in [-0.3, -0.25) is 9.59 Å². The van der Waals surface area contributed by atoms with Crippen LogP contribution in [0.3, 0.4) is 0 Å². The second-order valence-electron chi connectivity index (χ2n) is 4.55. The first-order chi connectivity index (χ1) is 10.9. The number of anilines is 1. The molecular weight excluding hydrogens is 343 g/mol. The standard InChI is InChI=1S/C15H14Cl2N2O4/c1-2-22-14(21)8-19-7-10(3-4-13(19)20)23-15-11(16)5-9(18)6-12(15)17/h3-7H,2,8,18H2,1H3. The second-order valence-corrected chi connectivity index (χ2v) is 5.37. The van der Waals surface area contributed by atoms with Gasteiger partial charge in [0.1, 0.15) is 12.3 Å². The average molecular weight is 357 g/mol. The molecule has 0 spiro atoms. The lowest BCUT2D eigenvalue weighted by atomic mass is 10.3. The lowest BCUT2D eigenvalue weighted by Crippen LogP contribution is -2.24. The van der Waals surface area contributed by atoms with Crippen molar-refractivity contribution in [2.75, 3.05) is 12.3 Å². The molecule has 2 N–H and O–H groups in total. The molecule has 0 atom stereocenters. The van der Waals surface area contributed by atoms with Crippen molar-refractivity contribution in [1.82, 2.24) is 4.57 Å². The number of nitrogens with zero attached hydrogens (tertiary/aromatic N) is 1. The average Bonchev–Trinajstić information content (AvgIpc) is 2.46. The summed E-state index contributed by atoms with van der Waals surface area (Å²) in [4.78, 5) is 23.3. The van der Waals surface area contributed by atoms with Crippen LogP contribution in [0.15, 0.2) is 35.3 Å². The van der Waals surface area contributed by atoms with E-state index in [9.17, 15) is 9.59 Å². The maximum atomic E-state index is 11.8. The zero-order valence-electron chi connectivity index (χ0n) is 12.2. The van der Waals surface area contributed by atoms with Gasteiger partial charge in [-0.15, -0.1) is 0 Å². The zero-order valence-corrected chi connectivity index (χ0v) is 13.7. The van der Waals surface area contributed by atoms with Gasteiger partial charge in [0, 0.05) is 11.8 Å². The molecule has 0 bridgehead atoms. The highest BCUT2D eigenvalue weighted by Crippen LogP contribution is 2.37. The monoisotopic (exact) mass is 356 g/mol. The highest BCUT2D eigenvalue weighted by molar-refractivity contribution is 6.37. The van der Waals surface area contributed by atoms with Crippen LogP contribution < -0.4 is 16.0 Å². The van der Waals surface area contributed by atoms with Crippen LogP contribution in [0, 0.1) is 0 Å². The predicted octanol–water partition coefficient (Wildman–Crippen LogP) is 3.09. The van der Waals surface area contributed by atoms with Crippen molar-refractivity contribution in [3.8, 4) is 11.5 Å². The molecule has 0 aliphatic rings. The Morgan fingerprint density at radius 3 is 2.52 bits per heavy atom. The predicted molar refractivity (Wildman–Crippen MR) is 88.3 cm³/mol. The van der Waals surface area contributed by atoms with Crippen molar-refractivity contribution in [3.63, 3.8) is 0 Å². The Bertz CT molecular complexity index is 766. The fraction of sp³-hybridized carbons (Fsp3) is 0.200. The molecule has 23 heavy (non-hydrogen) atoms. The molecule has 8 heteroatoms. The first-order valence-corrected chi connectivity index (χ1v) is 7.44. The van der Waals surface area contributed by atoms with Gasteiger partial charge in [-0.2, -0.15) is 0 Å². The van der Waals surface area contributed by atoms with Crippen LogP contribution in [0.25, 0.3) is 0 Å². The number of carbonyl (C=O) groups is 1. The van der Waals surface area contributed by atoms with Gasteiger partial charge in [0.05, 0.1) is 22.8 Å². The molecule has 0 amide bonds. The van der Waals surface area contributed by atoms with Crippen LogP contribution in [0.2, 0.25) is 10.0 Å². The number of pyridine rings is 1. The smallest absolute Gasteiger partial charge is 0.326 e. The van der Waals surface area contributed by atoms with E-state index >= 15 is 0 Å². The molecular formula is C15H14Cl2N2O4. The Morgan fingerprint density at radius 2 is 1.91 bits per heavy atom. The Kier molecular flexibility index (Phi) is 5.52. The van der Waals surface area contributed by atoms with Crippen molar-refractivity contribution in [1.29, 1.82) is 0 Å². The third-order valence-electron chi connectivity index (χ3n) is 2.80. The number of esters is 1. The highest BCUT2D eigenvalue weighted by Gasteiger charge is 2.12. The maximum Gasteiger partial charge on any atom is 0.326 e. The second kappa shape index (κ2) is 7.39. The molecule has 0 unspecified atom stereocenters. The molecule has 2 aromatic rings. The lowest BCUT2D eigenvalue weighted by molar-refractivity contribution is -0.143. The van der Waals surface area contributed by atoms with E-state index in [0.29, 0.717) is 11.4 Å². The van der Waals surface area contributed by atoms with Crippen LogP contribution in [-0.2, 0) is 16.1 Å². The molecule has 1 heterocycles. The summed E-state index contributed by atoms with van der Waals surface area (Å²) in [6, 6.07) is 5.72. The van der Waals surface area contributed by atoms with Crippen LogP contribution in [-0.4, -0.2) is 17.1 Å². The van der Waals surface area contributed by atoms with Gasteiger partial charge < -0.3 is 19.8 Å². The SMILES string of the molecule is CCOC(=O)Cn1cc(Oc2c(Cl)cc(N)cc2Cl)ccc1=O. The Labute approximate surface area is 142 Å². The normalized spacial score (nSPS) is 10.4. The summed E-state index contributed by atoms with van der Waals surface area (Å²) in [5.41, 5.74) is 5.67. The fourth-order valence-electron chi connectivity index (χ4n) is 1.83. The van der Waals surface area contributed by atoms with Crippen molar-refractivity contribution >= 4 is 34.9 Å². The van der Waals surface area contributed by atoms with Crippen molar-refractivity contribution in [2.45, 2.75) is 13.5 Å². The highest BCUT2D eigenvalue weighted by atomic mass is 35.5. The molecule has 0 aliphatic heterocycles. The van der Waals surface area contributed by atoms with Crippen LogP contribution in [0.4, 0.5) is 5.69 Å². The van der Waals surface area contributed by atoms with E-state index in [2.05, 4.69) is 0 Å². The molecule has 122 valence electrons. The van der Waals surface area contributed by atoms with E-state index in [1.165, 1.54) is 35.0 Å². The minimum Gasteiger partial charge on any atom is -0.465 e. The van der Waals surface area contributed by atoms with Gasteiger partial charge in [-0.1, -0.05) is 23.2 Å². The Morgan fingerprint density at radius 1 is 1.26 bits per heavy atom. The molecule has 0 saturated carbocycles. The number of nitrogens with two attached hydrogens (primary N) is 1. The van der Waals surface area contributed by atoms with Crippen LogP contribution in [0.1, 0.15) is 6.92 Å². The quantitative estimate of drug-likeness (QED) is 0.657. The minimum atomic E-state index is -0.518. The minimum absolute atomic E-state index is 0.212. The molecule has 0 radical (unpaired) electrons. The molecule has 6 nitrogen and oxygen atoms in total. The number of nitrogen functional groups attached to an aromatic ring is 1. The maximum absolute atomic E-state index is 11.8. The van der Waals surface area contributed by atoms with E-state index in [1.807, 2.05) is 0 Å². The van der Waals surface area contributed by atoms with E-state index in [-0.39, 0.29) is 34.5 Å². The number of hydrogen-bond acceptors (Lipinski definition) is 5. The number of aromatic nitrogens is 1. The van der Waals surface area contributed by atoms with Gasteiger partial charge in [0.15, 0.2) is 5.75 Å². The zero-order chi connectivity index (χ0) is 17.0. The Hall–Kier alpha value is -2.18. The summed E-state index contributed by atoms with van der Waals surface area (Å²) in [5, 5.41) is 0.469. The summed E-state index contributed by atoms with van der Waals surface area (Å²) < 4.78 is 11.6. The van der Waals surface area contributed by atoms with Gasteiger partial charge in [0.25, 0.3) is 5.56 Å². The third kappa shape index (κ3) is 4.40. The summed E-state index contributed by atoms with van der Waals surface area (Å²) in [6.07, 6.45) is 1.38. The molecule has 1 aromatic carbocycles. The van der Waals surface area contributed by atoms with Gasteiger partial charge in [-0.25, -0.2) is 0 Å². The van der Waals surface area contributed by atoms with E-state index in [4.69, 9.17) is 38.4 Å². The third-order valence-corrected chi connectivity index (χ3v) is 3.36. The Balaban J connectivity index is 2.28. The fourth-order valence-corrected chi connectivity index (χ4v) is 2.41. The lowest BCUT2D eigenvalue weighted by Gasteiger charge is -2.12. The van der Waals surface area contributed by atoms with Crippen molar-refractivity contribution < 1.29 is 14.3 Å². The van der Waals surface area contributed by atoms with Gasteiger partial charge in [0.2, 0.25) is 0 Å². The number of carbonyl (C=O) groups excluding carboxylic acids is 1. The molecule has 1 aromatic heterocycles. The largest absolute Gasteiger partial charge is 0.465 e. The number of benzene rings is 1. The van der Waals surface area contributed by atoms with E-state index in [0.717, 1.165) is 0 Å². The number of halogens is 2. The number of ether oxygens (including phenoxy) is 2. The molecule has 0 saturated heterocycles. The molecule has 0 aliphatic carbocycles. The summed E-state index contributed by atoms with van der Waals surface area (Å²) >= 11 is 12.1. The van der Waals surface area contributed by atoms with Crippen LogP contribution in [0.5, 0.6) is 11.5 Å². The first kappa shape index (κ1) is 17.2. The van der Waals surface area contributed by atoms with Gasteiger partial charge >= 0.3 is 5.97 Å². The van der Waals surface area contributed by atoms with Crippen LogP contribution >= 0.6 is 23.2 Å². The number of hydrogen-bond donors (Lipinski definition) is 1. The summed E-state index contributed by atoms with van der Waals surface area (Å²) in [5.74, 6) is -0.0124. The first-order valence-electron chi connectivity index (χ1n) is 6.69. The summed E-state index contributed by atoms with van der Waals surface area (Å²) in [6.45, 7) is 1.71. The van der Waals surface area contributed by atoms with Crippen molar-refractivity contribution in [2.24, 2.45) is 0 Å². The van der Waals surface area contributed by atoms with Crippen molar-refractivity contribution in [3.05, 3.63) is 50.9 Å². The van der Waals surface area contributed by atoms with E-state index < -0.39 is 5.97 Å². The number of rotatable bonds is 5. The summed E-state index contributed by atoms with van der Waals surface area (Å²) in [7, 11) is 0.